The summed E-state index contributed by atoms with van der Waals surface area (Å²) >= 11 is 0. The van der Waals surface area contributed by atoms with Crippen LogP contribution < -0.4 is 10.6 Å². The molecule has 7 nitrogen and oxygen atoms in total. The second-order valence-corrected chi connectivity index (χ2v) is 8.47. The molecule has 3 aromatic rings. The maximum absolute atomic E-state index is 12.6. The van der Waals surface area contributed by atoms with E-state index in [9.17, 15) is 9.59 Å². The number of carbonyl (C=O) groups excluding carboxylic acids is 2. The van der Waals surface area contributed by atoms with Crippen LogP contribution in [-0.2, 0) is 20.9 Å². The Morgan fingerprint density at radius 2 is 2.00 bits per heavy atom. The van der Waals surface area contributed by atoms with E-state index in [4.69, 9.17) is 4.74 Å². The van der Waals surface area contributed by atoms with Gasteiger partial charge >= 0.3 is 0 Å². The molecule has 0 radical (unpaired) electrons. The Bertz CT molecular complexity index is 1090. The van der Waals surface area contributed by atoms with Crippen LogP contribution in [0.5, 0.6) is 0 Å². The van der Waals surface area contributed by atoms with Gasteiger partial charge in [-0.15, -0.1) is 5.10 Å². The first kappa shape index (κ1) is 21.8. The van der Waals surface area contributed by atoms with E-state index in [2.05, 4.69) is 35.6 Å². The molecule has 1 aromatic heterocycles. The van der Waals surface area contributed by atoms with Gasteiger partial charge in [0.1, 0.15) is 0 Å². The third-order valence-corrected chi connectivity index (χ3v) is 5.25. The van der Waals surface area contributed by atoms with Gasteiger partial charge in [-0.3, -0.25) is 9.59 Å². The van der Waals surface area contributed by atoms with Crippen LogP contribution in [-0.4, -0.2) is 34.7 Å². The number of hydrogen-bond donors (Lipinski definition) is 2. The van der Waals surface area contributed by atoms with Crippen LogP contribution in [0.2, 0.25) is 0 Å². The fraction of sp³-hybridized carbons (Fsp3) is 0.320. The molecule has 0 bridgehead atoms. The highest BCUT2D eigenvalue weighted by Crippen LogP contribution is 2.27. The highest BCUT2D eigenvalue weighted by Gasteiger charge is 2.28. The summed E-state index contributed by atoms with van der Waals surface area (Å²) in [5.41, 5.74) is 3.80. The summed E-state index contributed by atoms with van der Waals surface area (Å²) in [7, 11) is 0. The number of benzene rings is 2. The van der Waals surface area contributed by atoms with E-state index in [1.165, 1.54) is 0 Å². The molecule has 32 heavy (non-hydrogen) atoms. The van der Waals surface area contributed by atoms with Crippen LogP contribution in [0, 0.1) is 11.8 Å². The predicted octanol–water partition coefficient (Wildman–Crippen LogP) is 3.79. The van der Waals surface area contributed by atoms with Crippen molar-refractivity contribution >= 4 is 17.6 Å². The lowest BCUT2D eigenvalue weighted by Crippen LogP contribution is -2.24. The first-order valence-corrected chi connectivity index (χ1v) is 10.9. The third kappa shape index (κ3) is 5.23. The average molecular weight is 433 g/mol. The minimum atomic E-state index is -0.380. The summed E-state index contributed by atoms with van der Waals surface area (Å²) in [5.74, 6) is 0.249. The van der Waals surface area contributed by atoms with Crippen LogP contribution in [0.25, 0.3) is 16.9 Å². The van der Waals surface area contributed by atoms with Crippen LogP contribution in [0.4, 0.5) is 5.82 Å². The molecule has 2 aromatic carbocycles. The Labute approximate surface area is 187 Å². The SMILES string of the molecule is CC(C)COCc1cccc(-c2cc(NC(=O)[C@@H]3CNC(=O)C3)nn2-c2ccccc2)c1. The van der Waals surface area contributed by atoms with Gasteiger partial charge in [0.25, 0.3) is 0 Å². The topological polar surface area (TPSA) is 85.2 Å². The summed E-state index contributed by atoms with van der Waals surface area (Å²) in [6.45, 7) is 5.86. The van der Waals surface area contributed by atoms with E-state index in [1.54, 1.807) is 0 Å². The van der Waals surface area contributed by atoms with Gasteiger partial charge < -0.3 is 15.4 Å². The number of amides is 2. The number of nitrogens with one attached hydrogen (secondary N) is 2. The second-order valence-electron chi connectivity index (χ2n) is 8.47. The summed E-state index contributed by atoms with van der Waals surface area (Å²) < 4.78 is 7.62. The molecule has 0 spiro atoms. The molecule has 7 heteroatoms. The Kier molecular flexibility index (Phi) is 6.66. The van der Waals surface area contributed by atoms with Crippen molar-refractivity contribution in [2.75, 3.05) is 18.5 Å². The molecule has 1 atom stereocenters. The highest BCUT2D eigenvalue weighted by molar-refractivity contribution is 5.97. The zero-order valence-corrected chi connectivity index (χ0v) is 18.4. The summed E-state index contributed by atoms with van der Waals surface area (Å²) in [5, 5.41) is 10.2. The van der Waals surface area contributed by atoms with Gasteiger partial charge in [0.2, 0.25) is 11.8 Å². The molecule has 0 saturated carbocycles. The maximum atomic E-state index is 12.6. The highest BCUT2D eigenvalue weighted by atomic mass is 16.5. The molecular formula is C25H28N4O3. The number of aromatic nitrogens is 2. The van der Waals surface area contributed by atoms with E-state index in [1.807, 2.05) is 59.3 Å². The molecule has 4 rings (SSSR count). The van der Waals surface area contributed by atoms with Gasteiger partial charge in [-0.1, -0.05) is 50.2 Å². The minimum absolute atomic E-state index is 0.0999. The molecule has 0 unspecified atom stereocenters. The Hall–Kier alpha value is -3.45. The van der Waals surface area contributed by atoms with Gasteiger partial charge in [0.05, 0.1) is 23.9 Å². The van der Waals surface area contributed by atoms with E-state index in [-0.39, 0.29) is 24.2 Å². The van der Waals surface area contributed by atoms with Crippen molar-refractivity contribution in [3.63, 3.8) is 0 Å². The van der Waals surface area contributed by atoms with Crippen molar-refractivity contribution in [1.29, 1.82) is 0 Å². The Morgan fingerprint density at radius 3 is 2.72 bits per heavy atom. The second kappa shape index (κ2) is 9.78. The van der Waals surface area contributed by atoms with Crippen LogP contribution >= 0.6 is 0 Å². The number of rotatable bonds is 8. The zero-order chi connectivity index (χ0) is 22.5. The summed E-state index contributed by atoms with van der Waals surface area (Å²) in [6, 6.07) is 19.8. The molecule has 1 aliphatic heterocycles. The zero-order valence-electron chi connectivity index (χ0n) is 18.4. The smallest absolute Gasteiger partial charge is 0.230 e. The van der Waals surface area contributed by atoms with Crippen molar-refractivity contribution in [2.24, 2.45) is 11.8 Å². The fourth-order valence-electron chi connectivity index (χ4n) is 3.67. The molecule has 1 saturated heterocycles. The van der Waals surface area contributed by atoms with Crippen molar-refractivity contribution < 1.29 is 14.3 Å². The van der Waals surface area contributed by atoms with Crippen molar-refractivity contribution in [1.82, 2.24) is 15.1 Å². The quantitative estimate of drug-likeness (QED) is 0.567. The summed E-state index contributed by atoms with van der Waals surface area (Å²) in [6.07, 6.45) is 0.205. The molecular weight excluding hydrogens is 404 g/mol. The Morgan fingerprint density at radius 1 is 1.19 bits per heavy atom. The first-order chi connectivity index (χ1) is 15.5. The van der Waals surface area contributed by atoms with Crippen LogP contribution in [0.15, 0.2) is 60.7 Å². The van der Waals surface area contributed by atoms with Crippen molar-refractivity contribution in [3.8, 4) is 16.9 Å². The monoisotopic (exact) mass is 432 g/mol. The number of hydrogen-bond acceptors (Lipinski definition) is 4. The number of carbonyl (C=O) groups is 2. The standard InChI is InChI=1S/C25H28N4O3/c1-17(2)15-32-16-18-7-6-8-19(11-18)22-13-23(27-25(31)20-12-24(30)26-14-20)28-29(22)21-9-4-3-5-10-21/h3-11,13,17,20H,12,14-16H2,1-2H3,(H,26,30)(H,27,28,31)/t20-/m0/s1. The number of ether oxygens (including phenoxy) is 1. The van der Waals surface area contributed by atoms with Gasteiger partial charge in [-0.2, -0.15) is 0 Å². The van der Waals surface area contributed by atoms with Crippen molar-refractivity contribution in [3.05, 3.63) is 66.2 Å². The molecule has 2 heterocycles. The number of nitrogens with zero attached hydrogens (tertiary/aromatic N) is 2. The minimum Gasteiger partial charge on any atom is -0.377 e. The lowest BCUT2D eigenvalue weighted by Gasteiger charge is -2.10. The van der Waals surface area contributed by atoms with Gasteiger partial charge in [-0.25, -0.2) is 4.68 Å². The largest absolute Gasteiger partial charge is 0.377 e. The molecule has 0 aliphatic carbocycles. The van der Waals surface area contributed by atoms with Crippen LogP contribution in [0.3, 0.4) is 0 Å². The number of para-hydroxylation sites is 1. The number of anilines is 1. The van der Waals surface area contributed by atoms with Gasteiger partial charge in [-0.05, 0) is 29.7 Å². The lowest BCUT2D eigenvalue weighted by atomic mass is 10.1. The van der Waals surface area contributed by atoms with E-state index < -0.39 is 0 Å². The van der Waals surface area contributed by atoms with Crippen molar-refractivity contribution in [2.45, 2.75) is 26.9 Å². The maximum Gasteiger partial charge on any atom is 0.230 e. The molecule has 1 aliphatic rings. The van der Waals surface area contributed by atoms with E-state index in [0.29, 0.717) is 31.5 Å². The first-order valence-electron chi connectivity index (χ1n) is 10.9. The fourth-order valence-corrected chi connectivity index (χ4v) is 3.67. The molecule has 2 amide bonds. The van der Waals surface area contributed by atoms with Crippen LogP contribution in [0.1, 0.15) is 25.8 Å². The van der Waals surface area contributed by atoms with Gasteiger partial charge in [0, 0.05) is 31.2 Å². The van der Waals surface area contributed by atoms with E-state index >= 15 is 0 Å². The summed E-state index contributed by atoms with van der Waals surface area (Å²) in [4.78, 5) is 24.1. The van der Waals surface area contributed by atoms with E-state index in [0.717, 1.165) is 22.5 Å². The molecule has 1 fully saturated rings. The lowest BCUT2D eigenvalue weighted by molar-refractivity contribution is -0.123. The normalized spacial score (nSPS) is 15.7. The molecule has 166 valence electrons. The molecule has 2 N–H and O–H groups in total. The third-order valence-electron chi connectivity index (χ3n) is 5.25. The average Bonchev–Trinajstić information content (AvgIpc) is 3.41. The Balaban J connectivity index is 1.62. The predicted molar refractivity (Wildman–Crippen MR) is 123 cm³/mol. The van der Waals surface area contributed by atoms with Gasteiger partial charge in [0.15, 0.2) is 5.82 Å².